The highest BCUT2D eigenvalue weighted by atomic mass is 32.2. The van der Waals surface area contributed by atoms with Crippen molar-refractivity contribution in [2.24, 2.45) is 0 Å². The molecule has 76 valence electrons. The van der Waals surface area contributed by atoms with Gasteiger partial charge in [-0.1, -0.05) is 0 Å². The zero-order chi connectivity index (χ0) is 10.6. The van der Waals surface area contributed by atoms with E-state index in [0.29, 0.717) is 12.0 Å². The van der Waals surface area contributed by atoms with Gasteiger partial charge in [-0.3, -0.25) is 4.79 Å². The van der Waals surface area contributed by atoms with Gasteiger partial charge in [-0.05, 0) is 36.4 Å². The van der Waals surface area contributed by atoms with E-state index in [4.69, 9.17) is 5.11 Å². The van der Waals surface area contributed by atoms with Gasteiger partial charge in [0.05, 0.1) is 0 Å². The van der Waals surface area contributed by atoms with Gasteiger partial charge in [0, 0.05) is 11.3 Å². The first kappa shape index (κ1) is 10.9. The Balaban J connectivity index is 2.78. The van der Waals surface area contributed by atoms with Crippen LogP contribution in [-0.2, 0) is 11.2 Å². The van der Waals surface area contributed by atoms with Gasteiger partial charge in [-0.15, -0.1) is 11.8 Å². The van der Waals surface area contributed by atoms with E-state index < -0.39 is 5.97 Å². The molecule has 14 heavy (non-hydrogen) atoms. The third-order valence-corrected chi connectivity index (χ3v) is 2.62. The molecule has 0 aliphatic heterocycles. The van der Waals surface area contributed by atoms with Crippen LogP contribution >= 0.6 is 11.8 Å². The summed E-state index contributed by atoms with van der Waals surface area (Å²) in [5, 5.41) is 17.9. The topological polar surface area (TPSA) is 57.5 Å². The maximum atomic E-state index is 10.4. The molecule has 0 radical (unpaired) electrons. The van der Waals surface area contributed by atoms with E-state index in [2.05, 4.69) is 0 Å². The molecule has 0 aliphatic rings. The van der Waals surface area contributed by atoms with Crippen molar-refractivity contribution in [1.82, 2.24) is 0 Å². The van der Waals surface area contributed by atoms with Gasteiger partial charge in [0.2, 0.25) is 0 Å². The number of carbonyl (C=O) groups is 1. The maximum Gasteiger partial charge on any atom is 0.303 e. The van der Waals surface area contributed by atoms with Crippen molar-refractivity contribution >= 4 is 17.7 Å². The molecule has 1 aromatic carbocycles. The Morgan fingerprint density at radius 2 is 2.21 bits per heavy atom. The summed E-state index contributed by atoms with van der Waals surface area (Å²) in [6, 6.07) is 5.23. The van der Waals surface area contributed by atoms with Crippen LogP contribution < -0.4 is 0 Å². The smallest absolute Gasteiger partial charge is 0.303 e. The average Bonchev–Trinajstić information content (AvgIpc) is 2.16. The van der Waals surface area contributed by atoms with Crippen molar-refractivity contribution in [3.05, 3.63) is 23.8 Å². The molecule has 1 rings (SSSR count). The molecular weight excluding hydrogens is 200 g/mol. The maximum absolute atomic E-state index is 10.4. The molecule has 0 fully saturated rings. The Hall–Kier alpha value is -1.16. The number of carboxylic acids is 1. The van der Waals surface area contributed by atoms with Gasteiger partial charge in [0.15, 0.2) is 0 Å². The Morgan fingerprint density at radius 3 is 2.79 bits per heavy atom. The second-order valence-corrected chi connectivity index (χ2v) is 3.77. The van der Waals surface area contributed by atoms with E-state index >= 15 is 0 Å². The van der Waals surface area contributed by atoms with Gasteiger partial charge in [-0.2, -0.15) is 0 Å². The number of carboxylic acid groups (broad SMARTS) is 1. The fraction of sp³-hybridized carbons (Fsp3) is 0.300. The molecule has 0 spiro atoms. The summed E-state index contributed by atoms with van der Waals surface area (Å²) in [5.74, 6) is -0.678. The minimum Gasteiger partial charge on any atom is -0.508 e. The van der Waals surface area contributed by atoms with E-state index in [1.807, 2.05) is 18.4 Å². The van der Waals surface area contributed by atoms with Gasteiger partial charge in [0.1, 0.15) is 5.75 Å². The molecule has 0 saturated carbocycles. The zero-order valence-corrected chi connectivity index (χ0v) is 8.67. The Labute approximate surface area is 86.8 Å². The first-order chi connectivity index (χ1) is 6.63. The van der Waals surface area contributed by atoms with Crippen LogP contribution in [0.4, 0.5) is 0 Å². The quantitative estimate of drug-likeness (QED) is 0.751. The summed E-state index contributed by atoms with van der Waals surface area (Å²) in [6.45, 7) is 0. The third kappa shape index (κ3) is 2.96. The van der Waals surface area contributed by atoms with Gasteiger partial charge in [-0.25, -0.2) is 0 Å². The molecular formula is C10H12O3S. The first-order valence-electron chi connectivity index (χ1n) is 4.21. The molecule has 0 unspecified atom stereocenters. The number of phenols is 1. The molecule has 0 aliphatic carbocycles. The van der Waals surface area contributed by atoms with Crippen molar-refractivity contribution in [3.8, 4) is 5.75 Å². The molecule has 0 atom stereocenters. The minimum absolute atomic E-state index is 0.0470. The van der Waals surface area contributed by atoms with Crippen LogP contribution in [0.5, 0.6) is 5.75 Å². The predicted molar refractivity (Wildman–Crippen MR) is 55.8 cm³/mol. The number of aromatic hydroxyl groups is 1. The lowest BCUT2D eigenvalue weighted by Crippen LogP contribution is -1.97. The lowest BCUT2D eigenvalue weighted by Gasteiger charge is -2.04. The zero-order valence-electron chi connectivity index (χ0n) is 7.86. The van der Waals surface area contributed by atoms with E-state index in [1.54, 1.807) is 17.8 Å². The Morgan fingerprint density at radius 1 is 1.50 bits per heavy atom. The highest BCUT2D eigenvalue weighted by Gasteiger charge is 2.05. The first-order valence-corrected chi connectivity index (χ1v) is 5.43. The molecule has 2 N–H and O–H groups in total. The number of rotatable bonds is 4. The molecule has 3 nitrogen and oxygen atoms in total. The molecule has 0 saturated heterocycles. The summed E-state index contributed by atoms with van der Waals surface area (Å²) < 4.78 is 0. The molecule has 0 aromatic heterocycles. The number of thioether (sulfide) groups is 1. The van der Waals surface area contributed by atoms with Crippen molar-refractivity contribution in [3.63, 3.8) is 0 Å². The molecule has 0 bridgehead atoms. The van der Waals surface area contributed by atoms with Crippen LogP contribution in [0.25, 0.3) is 0 Å². The predicted octanol–water partition coefficient (Wildman–Crippen LogP) is 2.13. The second kappa shape index (κ2) is 4.91. The van der Waals surface area contributed by atoms with Crippen molar-refractivity contribution in [2.75, 3.05) is 6.26 Å². The van der Waals surface area contributed by atoms with Crippen LogP contribution in [0.1, 0.15) is 12.0 Å². The second-order valence-electron chi connectivity index (χ2n) is 2.89. The normalized spacial score (nSPS) is 10.1. The molecule has 0 amide bonds. The lowest BCUT2D eigenvalue weighted by molar-refractivity contribution is -0.136. The van der Waals surface area contributed by atoms with Crippen molar-refractivity contribution in [2.45, 2.75) is 17.7 Å². The van der Waals surface area contributed by atoms with Gasteiger partial charge >= 0.3 is 5.97 Å². The van der Waals surface area contributed by atoms with E-state index in [1.165, 1.54) is 0 Å². The largest absolute Gasteiger partial charge is 0.508 e. The van der Waals surface area contributed by atoms with Crippen LogP contribution in [0.2, 0.25) is 0 Å². The third-order valence-electron chi connectivity index (χ3n) is 1.89. The van der Waals surface area contributed by atoms with Gasteiger partial charge in [0.25, 0.3) is 0 Å². The van der Waals surface area contributed by atoms with Crippen molar-refractivity contribution in [1.29, 1.82) is 0 Å². The van der Waals surface area contributed by atoms with E-state index in [9.17, 15) is 9.90 Å². The highest BCUT2D eigenvalue weighted by molar-refractivity contribution is 7.98. The number of benzene rings is 1. The lowest BCUT2D eigenvalue weighted by atomic mass is 10.1. The molecule has 1 aromatic rings. The number of phenolic OH excluding ortho intramolecular Hbond substituents is 1. The Bertz CT molecular complexity index is 336. The SMILES string of the molecule is CSc1ccc(O)c(CCC(=O)O)c1. The fourth-order valence-electron chi connectivity index (χ4n) is 1.13. The summed E-state index contributed by atoms with van der Waals surface area (Å²) in [6.07, 6.45) is 2.36. The standard InChI is InChI=1S/C10H12O3S/c1-14-8-3-4-9(11)7(6-8)2-5-10(12)13/h3-4,6,11H,2,5H2,1H3,(H,12,13). The van der Waals surface area contributed by atoms with Crippen molar-refractivity contribution < 1.29 is 15.0 Å². The fourth-order valence-corrected chi connectivity index (χ4v) is 1.59. The summed E-state index contributed by atoms with van der Waals surface area (Å²) >= 11 is 1.57. The van der Waals surface area contributed by atoms with Crippen LogP contribution in [-0.4, -0.2) is 22.4 Å². The summed E-state index contributed by atoms with van der Waals surface area (Å²) in [4.78, 5) is 11.4. The number of aryl methyl sites for hydroxylation is 1. The van der Waals surface area contributed by atoms with E-state index in [0.717, 1.165) is 4.90 Å². The summed E-state index contributed by atoms with van der Waals surface area (Å²) in [5.41, 5.74) is 0.694. The number of aliphatic carboxylic acids is 1. The van der Waals surface area contributed by atoms with Gasteiger partial charge < -0.3 is 10.2 Å². The Kier molecular flexibility index (Phi) is 3.83. The monoisotopic (exact) mass is 212 g/mol. The highest BCUT2D eigenvalue weighted by Crippen LogP contribution is 2.24. The van der Waals surface area contributed by atoms with Crippen LogP contribution in [0, 0.1) is 0 Å². The van der Waals surface area contributed by atoms with Crippen LogP contribution in [0.3, 0.4) is 0 Å². The van der Waals surface area contributed by atoms with Crippen LogP contribution in [0.15, 0.2) is 23.1 Å². The average molecular weight is 212 g/mol. The number of hydrogen-bond acceptors (Lipinski definition) is 3. The summed E-state index contributed by atoms with van der Waals surface area (Å²) in [7, 11) is 0. The minimum atomic E-state index is -0.848. The molecule has 0 heterocycles. The number of hydrogen-bond donors (Lipinski definition) is 2. The molecule has 4 heteroatoms. The van der Waals surface area contributed by atoms with E-state index in [-0.39, 0.29) is 12.2 Å².